The Balaban J connectivity index is 2.05. The quantitative estimate of drug-likeness (QED) is 0.886. The van der Waals surface area contributed by atoms with Gasteiger partial charge in [-0.05, 0) is 24.5 Å². The van der Waals surface area contributed by atoms with Crippen molar-refractivity contribution >= 4 is 11.6 Å². The second-order valence-electron chi connectivity index (χ2n) is 4.98. The number of nitrogens with one attached hydrogen (secondary N) is 1. The molecule has 3 nitrogen and oxygen atoms in total. The Kier molecular flexibility index (Phi) is 3.90. The highest BCUT2D eigenvalue weighted by molar-refractivity contribution is 5.87. The smallest absolute Gasteiger partial charge is 0.245 e. The first-order valence-electron chi connectivity index (χ1n) is 6.78. The normalized spacial score (nSPS) is 17.4. The van der Waals surface area contributed by atoms with Gasteiger partial charge in [0.25, 0.3) is 0 Å². The molecule has 2 rings (SSSR count). The highest BCUT2D eigenvalue weighted by Gasteiger charge is 2.30. The number of carbonyl (C=O) groups is 1. The zero-order chi connectivity index (χ0) is 13.1. The van der Waals surface area contributed by atoms with Crippen molar-refractivity contribution in [2.45, 2.75) is 45.2 Å². The standard InChI is InChI=1S/C15H22N2O/c1-4-12(5-2)17(3)15(18)14-10-11-8-6-7-9-13(11)16-14/h6-9,12,14,16H,4-5,10H2,1-3H3/t14-/m0/s1. The van der Waals surface area contributed by atoms with Crippen LogP contribution in [0.1, 0.15) is 32.3 Å². The third-order valence-corrected chi connectivity index (χ3v) is 3.91. The number of rotatable bonds is 4. The topological polar surface area (TPSA) is 32.3 Å². The first-order valence-corrected chi connectivity index (χ1v) is 6.78. The molecule has 0 fully saturated rings. The van der Waals surface area contributed by atoms with Crippen molar-refractivity contribution in [3.05, 3.63) is 29.8 Å². The number of carbonyl (C=O) groups excluding carboxylic acids is 1. The Labute approximate surface area is 109 Å². The molecule has 1 N–H and O–H groups in total. The monoisotopic (exact) mass is 246 g/mol. The SMILES string of the molecule is CCC(CC)N(C)C(=O)[C@@H]1Cc2ccccc2N1. The van der Waals surface area contributed by atoms with Gasteiger partial charge in [0.05, 0.1) is 0 Å². The lowest BCUT2D eigenvalue weighted by molar-refractivity contribution is -0.132. The lowest BCUT2D eigenvalue weighted by Gasteiger charge is -2.28. The molecular weight excluding hydrogens is 224 g/mol. The summed E-state index contributed by atoms with van der Waals surface area (Å²) in [6.07, 6.45) is 2.83. The maximum Gasteiger partial charge on any atom is 0.245 e. The highest BCUT2D eigenvalue weighted by atomic mass is 16.2. The summed E-state index contributed by atoms with van der Waals surface area (Å²) in [5.74, 6) is 0.208. The zero-order valence-electron chi connectivity index (χ0n) is 11.4. The van der Waals surface area contributed by atoms with Gasteiger partial charge in [-0.15, -0.1) is 0 Å². The van der Waals surface area contributed by atoms with Crippen LogP contribution in [-0.2, 0) is 11.2 Å². The van der Waals surface area contributed by atoms with Crippen LogP contribution in [-0.4, -0.2) is 29.9 Å². The van der Waals surface area contributed by atoms with Crippen molar-refractivity contribution in [1.29, 1.82) is 0 Å². The summed E-state index contributed by atoms with van der Waals surface area (Å²) >= 11 is 0. The van der Waals surface area contributed by atoms with Gasteiger partial charge in [-0.3, -0.25) is 4.79 Å². The average Bonchev–Trinajstić information content (AvgIpc) is 2.82. The molecular formula is C15H22N2O. The number of fused-ring (bicyclic) bond motifs is 1. The molecule has 1 aromatic rings. The van der Waals surface area contributed by atoms with Crippen LogP contribution in [0, 0.1) is 0 Å². The van der Waals surface area contributed by atoms with E-state index in [2.05, 4.69) is 25.2 Å². The van der Waals surface area contributed by atoms with Crippen LogP contribution in [0.3, 0.4) is 0 Å². The van der Waals surface area contributed by atoms with Crippen LogP contribution in [0.25, 0.3) is 0 Å². The van der Waals surface area contributed by atoms with E-state index in [9.17, 15) is 4.79 Å². The lowest BCUT2D eigenvalue weighted by atomic mass is 10.1. The molecule has 0 spiro atoms. The van der Waals surface area contributed by atoms with E-state index in [-0.39, 0.29) is 11.9 Å². The maximum atomic E-state index is 12.4. The number of likely N-dealkylation sites (N-methyl/N-ethyl adjacent to an activating group) is 1. The van der Waals surface area contributed by atoms with Crippen LogP contribution in [0.15, 0.2) is 24.3 Å². The van der Waals surface area contributed by atoms with Gasteiger partial charge < -0.3 is 10.2 Å². The molecule has 1 aromatic carbocycles. The number of hydrogen-bond acceptors (Lipinski definition) is 2. The number of nitrogens with zero attached hydrogens (tertiary/aromatic N) is 1. The molecule has 0 saturated heterocycles. The van der Waals surface area contributed by atoms with E-state index >= 15 is 0 Å². The van der Waals surface area contributed by atoms with Crippen LogP contribution in [0.2, 0.25) is 0 Å². The molecule has 0 bridgehead atoms. The van der Waals surface area contributed by atoms with Gasteiger partial charge in [0.15, 0.2) is 0 Å². The molecule has 1 aliphatic heterocycles. The molecule has 1 heterocycles. The lowest BCUT2D eigenvalue weighted by Crippen LogP contribution is -2.44. The molecule has 0 unspecified atom stereocenters. The molecule has 3 heteroatoms. The highest BCUT2D eigenvalue weighted by Crippen LogP contribution is 2.26. The van der Waals surface area contributed by atoms with Gasteiger partial charge in [0, 0.05) is 25.2 Å². The minimum atomic E-state index is -0.0898. The summed E-state index contributed by atoms with van der Waals surface area (Å²) in [4.78, 5) is 14.3. The summed E-state index contributed by atoms with van der Waals surface area (Å²) in [6, 6.07) is 8.42. The Hall–Kier alpha value is -1.51. The van der Waals surface area contributed by atoms with Crippen molar-refractivity contribution in [2.75, 3.05) is 12.4 Å². The van der Waals surface area contributed by atoms with Crippen LogP contribution < -0.4 is 5.32 Å². The number of benzene rings is 1. The molecule has 0 aliphatic carbocycles. The number of para-hydroxylation sites is 1. The van der Waals surface area contributed by atoms with Gasteiger partial charge in [-0.25, -0.2) is 0 Å². The molecule has 1 amide bonds. The number of amides is 1. The molecule has 98 valence electrons. The Morgan fingerprint density at radius 3 is 2.67 bits per heavy atom. The van der Waals surface area contributed by atoms with Crippen molar-refractivity contribution < 1.29 is 4.79 Å². The van der Waals surface area contributed by atoms with E-state index in [0.29, 0.717) is 6.04 Å². The summed E-state index contributed by atoms with van der Waals surface area (Å²) in [5.41, 5.74) is 2.35. The predicted octanol–water partition coefficient (Wildman–Crippen LogP) is 2.67. The maximum absolute atomic E-state index is 12.4. The van der Waals surface area contributed by atoms with E-state index in [0.717, 1.165) is 24.9 Å². The number of anilines is 1. The van der Waals surface area contributed by atoms with Gasteiger partial charge >= 0.3 is 0 Å². The summed E-state index contributed by atoms with van der Waals surface area (Å²) in [6.45, 7) is 4.27. The third-order valence-electron chi connectivity index (χ3n) is 3.91. The molecule has 1 aliphatic rings. The minimum absolute atomic E-state index is 0.0898. The third kappa shape index (κ3) is 2.35. The van der Waals surface area contributed by atoms with Crippen LogP contribution >= 0.6 is 0 Å². The summed E-state index contributed by atoms with van der Waals surface area (Å²) < 4.78 is 0. The fourth-order valence-corrected chi connectivity index (χ4v) is 2.71. The molecule has 18 heavy (non-hydrogen) atoms. The largest absolute Gasteiger partial charge is 0.373 e. The molecule has 0 radical (unpaired) electrons. The van der Waals surface area contributed by atoms with Crippen LogP contribution in [0.5, 0.6) is 0 Å². The second-order valence-corrected chi connectivity index (χ2v) is 4.98. The number of hydrogen-bond donors (Lipinski definition) is 1. The van der Waals surface area contributed by atoms with Gasteiger partial charge in [0.2, 0.25) is 5.91 Å². The fourth-order valence-electron chi connectivity index (χ4n) is 2.71. The van der Waals surface area contributed by atoms with Gasteiger partial charge in [-0.2, -0.15) is 0 Å². The average molecular weight is 246 g/mol. The first-order chi connectivity index (χ1) is 8.67. The minimum Gasteiger partial charge on any atom is -0.373 e. The van der Waals surface area contributed by atoms with Gasteiger partial charge in [0.1, 0.15) is 6.04 Å². The molecule has 0 aromatic heterocycles. The van der Waals surface area contributed by atoms with E-state index in [1.54, 1.807) is 0 Å². The first kappa shape index (κ1) is 12.9. The van der Waals surface area contributed by atoms with E-state index in [1.807, 2.05) is 30.1 Å². The molecule has 1 atom stereocenters. The van der Waals surface area contributed by atoms with Crippen molar-refractivity contribution in [3.8, 4) is 0 Å². The predicted molar refractivity (Wildman–Crippen MR) is 74.7 cm³/mol. The van der Waals surface area contributed by atoms with Crippen molar-refractivity contribution in [2.24, 2.45) is 0 Å². The Morgan fingerprint density at radius 1 is 1.39 bits per heavy atom. The Bertz CT molecular complexity index is 401. The second kappa shape index (κ2) is 5.42. The summed E-state index contributed by atoms with van der Waals surface area (Å²) in [5, 5.41) is 3.33. The Morgan fingerprint density at radius 2 is 2.06 bits per heavy atom. The molecule has 0 saturated carbocycles. The van der Waals surface area contributed by atoms with Crippen molar-refractivity contribution in [3.63, 3.8) is 0 Å². The van der Waals surface area contributed by atoms with E-state index < -0.39 is 0 Å². The van der Waals surface area contributed by atoms with E-state index in [4.69, 9.17) is 0 Å². The summed E-state index contributed by atoms with van der Waals surface area (Å²) in [7, 11) is 1.92. The van der Waals surface area contributed by atoms with Gasteiger partial charge in [-0.1, -0.05) is 32.0 Å². The zero-order valence-corrected chi connectivity index (χ0v) is 11.4. The fraction of sp³-hybridized carbons (Fsp3) is 0.533. The van der Waals surface area contributed by atoms with E-state index in [1.165, 1.54) is 5.56 Å². The van der Waals surface area contributed by atoms with Crippen molar-refractivity contribution in [1.82, 2.24) is 4.90 Å². The van der Waals surface area contributed by atoms with Crippen LogP contribution in [0.4, 0.5) is 5.69 Å².